The van der Waals surface area contributed by atoms with Crippen molar-refractivity contribution < 1.29 is 14.6 Å². The number of methoxy groups -OCH3 is 2. The molecule has 0 atom stereocenters. The second-order valence-electron chi connectivity index (χ2n) is 5.84. The number of hydrogen-bond donors (Lipinski definition) is 2. The lowest BCUT2D eigenvalue weighted by Crippen LogP contribution is -1.98. The van der Waals surface area contributed by atoms with Crippen LogP contribution >= 0.6 is 0 Å². The maximum absolute atomic E-state index is 9.85. The number of nitrogens with one attached hydrogen (secondary N) is 1. The number of phenolic OH excluding ortho intramolecular Hbond substituents is 1. The Balaban J connectivity index is 1.84. The molecule has 2 N–H and O–H groups in total. The van der Waals surface area contributed by atoms with Gasteiger partial charge in [0.25, 0.3) is 0 Å². The molecule has 27 heavy (non-hydrogen) atoms. The number of phenols is 1. The molecule has 0 unspecified atom stereocenters. The molecule has 2 heterocycles. The average molecular weight is 362 g/mol. The van der Waals surface area contributed by atoms with Gasteiger partial charge < -0.3 is 19.9 Å². The topological polar surface area (TPSA) is 80.9 Å². The maximum atomic E-state index is 9.85. The zero-order valence-corrected chi connectivity index (χ0v) is 14.9. The Kier molecular flexibility index (Phi) is 4.25. The molecule has 4 aromatic rings. The summed E-state index contributed by atoms with van der Waals surface area (Å²) < 4.78 is 12.5. The smallest absolute Gasteiger partial charge is 0.235 e. The van der Waals surface area contributed by atoms with Gasteiger partial charge in [0.05, 0.1) is 14.2 Å². The molecule has 0 saturated carbocycles. The van der Waals surface area contributed by atoms with Gasteiger partial charge in [-0.2, -0.15) is 0 Å². The lowest BCUT2D eigenvalue weighted by Gasteiger charge is -2.12. The minimum atomic E-state index is 0.176. The zero-order chi connectivity index (χ0) is 18.8. The van der Waals surface area contributed by atoms with Crippen LogP contribution in [0.15, 0.2) is 60.9 Å². The summed E-state index contributed by atoms with van der Waals surface area (Å²) >= 11 is 0. The van der Waals surface area contributed by atoms with E-state index >= 15 is 0 Å². The summed E-state index contributed by atoms with van der Waals surface area (Å²) in [6, 6.07) is 14.4. The summed E-state index contributed by atoms with van der Waals surface area (Å²) in [5, 5.41) is 13.2. The Hall–Kier alpha value is -3.74. The van der Waals surface area contributed by atoms with Crippen LogP contribution in [0.2, 0.25) is 0 Å². The highest BCUT2D eigenvalue weighted by atomic mass is 16.5. The molecular weight excluding hydrogens is 344 g/mol. The number of aromatic hydroxyl groups is 1. The van der Waals surface area contributed by atoms with E-state index in [1.54, 1.807) is 38.6 Å². The summed E-state index contributed by atoms with van der Waals surface area (Å²) in [5.74, 6) is 2.73. The van der Waals surface area contributed by atoms with Crippen molar-refractivity contribution in [2.24, 2.45) is 0 Å². The number of rotatable bonds is 5. The highest BCUT2D eigenvalue weighted by Crippen LogP contribution is 2.35. The summed E-state index contributed by atoms with van der Waals surface area (Å²) in [6.07, 6.45) is 3.57. The van der Waals surface area contributed by atoms with Gasteiger partial charge in [-0.25, -0.2) is 9.97 Å². The van der Waals surface area contributed by atoms with Gasteiger partial charge in [-0.3, -0.25) is 4.40 Å². The molecule has 0 aliphatic heterocycles. The van der Waals surface area contributed by atoms with Crippen LogP contribution in [0, 0.1) is 0 Å². The number of nitrogens with zero attached hydrogens (tertiary/aromatic N) is 3. The molecule has 136 valence electrons. The van der Waals surface area contributed by atoms with E-state index in [-0.39, 0.29) is 5.75 Å². The second-order valence-corrected chi connectivity index (χ2v) is 5.84. The molecule has 0 spiro atoms. The Bertz CT molecular complexity index is 1110. The number of anilines is 2. The Labute approximate surface area is 155 Å². The highest BCUT2D eigenvalue weighted by molar-refractivity contribution is 5.79. The van der Waals surface area contributed by atoms with Crippen LogP contribution in [0.5, 0.6) is 17.2 Å². The molecule has 0 aliphatic carbocycles. The van der Waals surface area contributed by atoms with E-state index in [9.17, 15) is 5.11 Å². The van der Waals surface area contributed by atoms with E-state index < -0.39 is 0 Å². The van der Waals surface area contributed by atoms with Crippen LogP contribution in [0.25, 0.3) is 17.0 Å². The number of fused-ring (bicyclic) bond motifs is 1. The Morgan fingerprint density at radius 2 is 1.85 bits per heavy atom. The molecule has 0 fully saturated rings. The molecule has 2 aromatic carbocycles. The zero-order valence-electron chi connectivity index (χ0n) is 14.9. The van der Waals surface area contributed by atoms with Crippen molar-refractivity contribution in [3.63, 3.8) is 0 Å². The first-order valence-electron chi connectivity index (χ1n) is 8.31. The molecule has 0 saturated heterocycles. The quantitative estimate of drug-likeness (QED) is 0.561. The van der Waals surface area contributed by atoms with Gasteiger partial charge in [-0.1, -0.05) is 12.1 Å². The first-order valence-corrected chi connectivity index (χ1v) is 8.31. The normalized spacial score (nSPS) is 10.7. The predicted molar refractivity (Wildman–Crippen MR) is 103 cm³/mol. The fraction of sp³-hybridized carbons (Fsp3) is 0.100. The lowest BCUT2D eigenvalue weighted by molar-refractivity contribution is 0.355. The van der Waals surface area contributed by atoms with Gasteiger partial charge in [0.15, 0.2) is 11.5 Å². The van der Waals surface area contributed by atoms with Crippen molar-refractivity contribution in [1.82, 2.24) is 14.4 Å². The maximum Gasteiger partial charge on any atom is 0.235 e. The minimum Gasteiger partial charge on any atom is -0.508 e. The lowest BCUT2D eigenvalue weighted by atomic mass is 10.1. The van der Waals surface area contributed by atoms with Gasteiger partial charge in [-0.05, 0) is 30.3 Å². The molecule has 0 radical (unpaired) electrons. The largest absolute Gasteiger partial charge is 0.508 e. The molecule has 0 aliphatic rings. The molecule has 0 amide bonds. The van der Waals surface area contributed by atoms with Gasteiger partial charge in [0, 0.05) is 29.7 Å². The SMILES string of the molecule is COc1ccc(Nc2c(-c3cccc(O)c3)nc3ncccn23)cc1OC. The van der Waals surface area contributed by atoms with Crippen LogP contribution in [0.4, 0.5) is 11.5 Å². The van der Waals surface area contributed by atoms with E-state index in [0.717, 1.165) is 17.1 Å². The fourth-order valence-corrected chi connectivity index (χ4v) is 2.91. The average Bonchev–Trinajstić information content (AvgIpc) is 3.06. The first kappa shape index (κ1) is 16.7. The van der Waals surface area contributed by atoms with Crippen LogP contribution in [-0.4, -0.2) is 33.7 Å². The van der Waals surface area contributed by atoms with Crippen molar-refractivity contribution in [3.05, 3.63) is 60.9 Å². The van der Waals surface area contributed by atoms with Gasteiger partial charge in [0.1, 0.15) is 17.3 Å². The standard InChI is InChI=1S/C20H18N4O3/c1-26-16-8-7-14(12-17(16)27-2)22-19-18(13-5-3-6-15(25)11-13)23-20-21-9-4-10-24(19)20/h3-12,22,25H,1-2H3. The third-order valence-corrected chi connectivity index (χ3v) is 4.17. The van der Waals surface area contributed by atoms with E-state index in [0.29, 0.717) is 23.0 Å². The van der Waals surface area contributed by atoms with Crippen LogP contribution in [0.3, 0.4) is 0 Å². The highest BCUT2D eigenvalue weighted by Gasteiger charge is 2.16. The molecule has 4 rings (SSSR count). The van der Waals surface area contributed by atoms with Crippen molar-refractivity contribution in [1.29, 1.82) is 0 Å². The number of aromatic nitrogens is 3. The molecular formula is C20H18N4O3. The summed E-state index contributed by atoms with van der Waals surface area (Å²) in [5.41, 5.74) is 2.27. The monoisotopic (exact) mass is 362 g/mol. The van der Waals surface area contributed by atoms with Gasteiger partial charge in [0.2, 0.25) is 5.78 Å². The second kappa shape index (κ2) is 6.87. The third kappa shape index (κ3) is 3.10. The fourth-order valence-electron chi connectivity index (χ4n) is 2.91. The third-order valence-electron chi connectivity index (χ3n) is 4.17. The number of imidazole rings is 1. The number of hydrogen-bond acceptors (Lipinski definition) is 6. The van der Waals surface area contributed by atoms with E-state index in [4.69, 9.17) is 9.47 Å². The van der Waals surface area contributed by atoms with Crippen LogP contribution < -0.4 is 14.8 Å². The summed E-state index contributed by atoms with van der Waals surface area (Å²) in [7, 11) is 3.19. The molecule has 2 aromatic heterocycles. The van der Waals surface area contributed by atoms with Crippen molar-refractivity contribution in [2.45, 2.75) is 0 Å². The van der Waals surface area contributed by atoms with Crippen molar-refractivity contribution in [3.8, 4) is 28.5 Å². The van der Waals surface area contributed by atoms with Crippen molar-refractivity contribution in [2.75, 3.05) is 19.5 Å². The number of ether oxygens (including phenoxy) is 2. The summed E-state index contributed by atoms with van der Waals surface area (Å²) in [6.45, 7) is 0. The Morgan fingerprint density at radius 3 is 2.63 bits per heavy atom. The van der Waals surface area contributed by atoms with E-state index in [2.05, 4.69) is 15.3 Å². The van der Waals surface area contributed by atoms with Crippen LogP contribution in [-0.2, 0) is 0 Å². The Morgan fingerprint density at radius 1 is 1.00 bits per heavy atom. The van der Waals surface area contributed by atoms with Gasteiger partial charge in [-0.15, -0.1) is 0 Å². The molecule has 7 heteroatoms. The van der Waals surface area contributed by atoms with E-state index in [1.807, 2.05) is 40.9 Å². The number of benzene rings is 2. The van der Waals surface area contributed by atoms with Crippen LogP contribution in [0.1, 0.15) is 0 Å². The van der Waals surface area contributed by atoms with Crippen molar-refractivity contribution >= 4 is 17.3 Å². The summed E-state index contributed by atoms with van der Waals surface area (Å²) in [4.78, 5) is 8.94. The minimum absolute atomic E-state index is 0.176. The first-order chi connectivity index (χ1) is 13.2. The molecule has 0 bridgehead atoms. The predicted octanol–water partition coefficient (Wildman–Crippen LogP) is 3.86. The molecule has 7 nitrogen and oxygen atoms in total. The van der Waals surface area contributed by atoms with Gasteiger partial charge >= 0.3 is 0 Å². The van der Waals surface area contributed by atoms with E-state index in [1.165, 1.54) is 0 Å².